The molecular weight excluding hydrogens is 566 g/mol. The van der Waals surface area contributed by atoms with Gasteiger partial charge in [-0.1, -0.05) is 6.07 Å². The lowest BCUT2D eigenvalue weighted by Crippen LogP contribution is -2.25. The molecule has 3 aromatic carbocycles. The van der Waals surface area contributed by atoms with Crippen molar-refractivity contribution in [1.29, 1.82) is 0 Å². The average Bonchev–Trinajstić information content (AvgIpc) is 3.74. The topological polar surface area (TPSA) is 119 Å². The molecule has 0 bridgehead atoms. The van der Waals surface area contributed by atoms with E-state index in [4.69, 9.17) is 4.98 Å². The van der Waals surface area contributed by atoms with E-state index in [1.807, 2.05) is 60.7 Å². The van der Waals surface area contributed by atoms with Crippen LogP contribution in [0.4, 0.5) is 28.4 Å². The van der Waals surface area contributed by atoms with E-state index in [-0.39, 0.29) is 17.7 Å². The molecule has 4 aromatic rings. The molecule has 3 heterocycles. The number of nitrogens with zero attached hydrogens (tertiary/aromatic N) is 3. The highest BCUT2D eigenvalue weighted by atomic mass is 16.2. The highest BCUT2D eigenvalue weighted by molar-refractivity contribution is 6.11. The molecule has 0 saturated carbocycles. The van der Waals surface area contributed by atoms with Crippen LogP contribution < -0.4 is 21.3 Å². The summed E-state index contributed by atoms with van der Waals surface area (Å²) in [7, 11) is 0. The summed E-state index contributed by atoms with van der Waals surface area (Å²) in [6.45, 7) is 7.25. The third-order valence-electron chi connectivity index (χ3n) is 8.50. The minimum absolute atomic E-state index is 0.0193. The highest BCUT2D eigenvalue weighted by Crippen LogP contribution is 2.36. The van der Waals surface area contributed by atoms with Gasteiger partial charge in [0.05, 0.1) is 16.7 Å². The van der Waals surface area contributed by atoms with Gasteiger partial charge in [0.25, 0.3) is 0 Å². The Bertz CT molecular complexity index is 1620. The Morgan fingerprint density at radius 3 is 1.64 bits per heavy atom. The monoisotopic (exact) mass is 607 g/mol. The SMILES string of the molecule is CC(=O)Nc1cccc(Nc2c3ccc(NC(=O)CCN4CCCC4)cc3nc3cc(NC(=O)CCN4CCCC4)ccc23)c1. The summed E-state index contributed by atoms with van der Waals surface area (Å²) in [5.74, 6) is -0.180. The molecule has 0 unspecified atom stereocenters. The normalized spacial score (nSPS) is 15.4. The van der Waals surface area contributed by atoms with Crippen molar-refractivity contribution in [2.24, 2.45) is 0 Å². The number of pyridine rings is 1. The molecule has 2 aliphatic heterocycles. The lowest BCUT2D eigenvalue weighted by molar-refractivity contribution is -0.117. The summed E-state index contributed by atoms with van der Waals surface area (Å²) in [5.41, 5.74) is 5.11. The van der Waals surface area contributed by atoms with Crippen LogP contribution in [0.5, 0.6) is 0 Å². The van der Waals surface area contributed by atoms with Crippen molar-refractivity contribution in [2.45, 2.75) is 45.4 Å². The number of likely N-dealkylation sites (tertiary alicyclic amines) is 2. The van der Waals surface area contributed by atoms with Gasteiger partial charge in [-0.3, -0.25) is 14.4 Å². The van der Waals surface area contributed by atoms with Crippen LogP contribution in [0.1, 0.15) is 45.4 Å². The van der Waals surface area contributed by atoms with Gasteiger partial charge in [-0.05, 0) is 106 Å². The third kappa shape index (κ3) is 7.95. The van der Waals surface area contributed by atoms with Gasteiger partial charge >= 0.3 is 0 Å². The lowest BCUT2D eigenvalue weighted by Gasteiger charge is -2.17. The number of amides is 3. The van der Waals surface area contributed by atoms with Crippen LogP contribution >= 0.6 is 0 Å². The summed E-state index contributed by atoms with van der Waals surface area (Å²) in [5, 5.41) is 14.2. The van der Waals surface area contributed by atoms with Crippen LogP contribution in [0.25, 0.3) is 21.8 Å². The van der Waals surface area contributed by atoms with Crippen LogP contribution in [0.2, 0.25) is 0 Å². The van der Waals surface area contributed by atoms with Gasteiger partial charge in [0.2, 0.25) is 17.7 Å². The van der Waals surface area contributed by atoms with Crippen molar-refractivity contribution in [2.75, 3.05) is 60.5 Å². The molecule has 45 heavy (non-hydrogen) atoms. The van der Waals surface area contributed by atoms with Crippen LogP contribution in [-0.4, -0.2) is 71.8 Å². The first-order valence-corrected chi connectivity index (χ1v) is 16.0. The first kappa shape index (κ1) is 30.5. The highest BCUT2D eigenvalue weighted by Gasteiger charge is 2.16. The largest absolute Gasteiger partial charge is 0.354 e. The number of carbonyl (C=O) groups is 3. The molecule has 2 saturated heterocycles. The Morgan fingerprint density at radius 2 is 1.13 bits per heavy atom. The van der Waals surface area contributed by atoms with Gasteiger partial charge in [0, 0.05) is 66.4 Å². The van der Waals surface area contributed by atoms with E-state index in [0.717, 1.165) is 61.4 Å². The van der Waals surface area contributed by atoms with Gasteiger partial charge in [0.1, 0.15) is 0 Å². The molecule has 4 N–H and O–H groups in total. The number of rotatable bonds is 11. The molecule has 6 rings (SSSR count). The minimum Gasteiger partial charge on any atom is -0.354 e. The zero-order valence-electron chi connectivity index (χ0n) is 25.8. The number of carbonyl (C=O) groups excluding carboxylic acids is 3. The number of benzene rings is 3. The fraction of sp³-hybridized carbons (Fsp3) is 0.371. The van der Waals surface area contributed by atoms with E-state index in [1.165, 1.54) is 32.6 Å². The molecule has 0 radical (unpaired) electrons. The van der Waals surface area contributed by atoms with Gasteiger partial charge in [-0.25, -0.2) is 4.98 Å². The maximum atomic E-state index is 12.8. The fourth-order valence-electron chi connectivity index (χ4n) is 6.24. The number of nitrogens with one attached hydrogen (secondary N) is 4. The molecule has 0 atom stereocenters. The molecule has 2 fully saturated rings. The summed E-state index contributed by atoms with van der Waals surface area (Å²) >= 11 is 0. The molecule has 0 spiro atoms. The van der Waals surface area contributed by atoms with Gasteiger partial charge in [-0.15, -0.1) is 0 Å². The Hall–Kier alpha value is -4.54. The van der Waals surface area contributed by atoms with E-state index in [0.29, 0.717) is 40.9 Å². The van der Waals surface area contributed by atoms with Crippen LogP contribution in [0.3, 0.4) is 0 Å². The molecule has 234 valence electrons. The Morgan fingerprint density at radius 1 is 0.644 bits per heavy atom. The first-order valence-electron chi connectivity index (χ1n) is 16.0. The average molecular weight is 608 g/mol. The second kappa shape index (κ2) is 14.0. The van der Waals surface area contributed by atoms with Crippen molar-refractivity contribution < 1.29 is 14.4 Å². The maximum Gasteiger partial charge on any atom is 0.225 e. The third-order valence-corrected chi connectivity index (χ3v) is 8.50. The zero-order valence-corrected chi connectivity index (χ0v) is 25.8. The molecule has 0 aliphatic carbocycles. The first-order chi connectivity index (χ1) is 21.9. The molecule has 1 aromatic heterocycles. The second-order valence-corrected chi connectivity index (χ2v) is 12.0. The van der Waals surface area contributed by atoms with Gasteiger partial charge in [-0.2, -0.15) is 0 Å². The van der Waals surface area contributed by atoms with Crippen LogP contribution in [-0.2, 0) is 14.4 Å². The number of hydrogen-bond donors (Lipinski definition) is 4. The molecule has 2 aliphatic rings. The van der Waals surface area contributed by atoms with Crippen LogP contribution in [0, 0.1) is 0 Å². The Labute approximate surface area is 263 Å². The van der Waals surface area contributed by atoms with Crippen molar-refractivity contribution >= 4 is 68.0 Å². The van der Waals surface area contributed by atoms with E-state index in [2.05, 4.69) is 31.1 Å². The van der Waals surface area contributed by atoms with E-state index >= 15 is 0 Å². The maximum absolute atomic E-state index is 12.8. The molecule has 3 amide bonds. The zero-order chi connectivity index (χ0) is 31.2. The van der Waals surface area contributed by atoms with Crippen molar-refractivity contribution in [3.63, 3.8) is 0 Å². The predicted octanol–water partition coefficient (Wildman–Crippen LogP) is 5.94. The van der Waals surface area contributed by atoms with E-state index in [9.17, 15) is 14.4 Å². The lowest BCUT2D eigenvalue weighted by atomic mass is 10.1. The Kier molecular flexibility index (Phi) is 9.52. The second-order valence-electron chi connectivity index (χ2n) is 12.0. The summed E-state index contributed by atoms with van der Waals surface area (Å²) in [4.78, 5) is 46.8. The van der Waals surface area contributed by atoms with Crippen molar-refractivity contribution in [1.82, 2.24) is 14.8 Å². The number of anilines is 5. The number of aromatic nitrogens is 1. The molecular formula is C35H41N7O3. The van der Waals surface area contributed by atoms with Gasteiger partial charge < -0.3 is 31.1 Å². The molecule has 10 heteroatoms. The van der Waals surface area contributed by atoms with Gasteiger partial charge in [0.15, 0.2) is 0 Å². The fourth-order valence-corrected chi connectivity index (χ4v) is 6.24. The number of fused-ring (bicyclic) bond motifs is 2. The summed E-state index contributed by atoms with van der Waals surface area (Å²) < 4.78 is 0. The predicted molar refractivity (Wildman–Crippen MR) is 181 cm³/mol. The van der Waals surface area contributed by atoms with Crippen molar-refractivity contribution in [3.05, 3.63) is 60.7 Å². The summed E-state index contributed by atoms with van der Waals surface area (Å²) in [6.07, 6.45) is 5.68. The molecule has 10 nitrogen and oxygen atoms in total. The standard InChI is InChI=1S/C35H41N7O3/c1-24(43)36-25-7-6-8-26(21-25)39-35-29-11-9-27(37-33(44)13-19-41-15-2-3-16-41)22-31(29)40-32-23-28(10-12-30(32)35)38-34(45)14-20-42-17-4-5-18-42/h6-12,21-23H,2-5,13-20H2,1H3,(H,36,43)(H,37,44)(H,38,45)(H,39,40). The summed E-state index contributed by atoms with van der Waals surface area (Å²) in [6, 6.07) is 19.0. The number of hydrogen-bond acceptors (Lipinski definition) is 7. The van der Waals surface area contributed by atoms with E-state index < -0.39 is 0 Å². The Balaban J connectivity index is 1.28. The minimum atomic E-state index is -0.142. The smallest absolute Gasteiger partial charge is 0.225 e. The quantitative estimate of drug-likeness (QED) is 0.156. The van der Waals surface area contributed by atoms with Crippen molar-refractivity contribution in [3.8, 4) is 0 Å². The van der Waals surface area contributed by atoms with E-state index in [1.54, 1.807) is 0 Å². The van der Waals surface area contributed by atoms with Crippen LogP contribution in [0.15, 0.2) is 60.7 Å².